The molecule has 5 aromatic carbocycles. The molecule has 0 saturated heterocycles. The van der Waals surface area contributed by atoms with Crippen LogP contribution in [0.4, 0.5) is 0 Å². The molecule has 0 fully saturated rings. The van der Waals surface area contributed by atoms with Crippen LogP contribution in [0, 0.1) is 6.07 Å². The third-order valence-electron chi connectivity index (χ3n) is 7.30. The van der Waals surface area contributed by atoms with Crippen LogP contribution < -0.4 is 0 Å². The molecule has 7 aromatic rings. The first-order valence-corrected chi connectivity index (χ1v) is 13.6. The standard InChI is InChI=1S/C37H26N3O.Pt/c41-35-18-5-4-14-32(35)37-39-36-31(28-12-8-13-29(25-28)33-16-6-7-23-38-33)15-9-17-34(36)40(37)30-21-19-27(20-22-30)24-26-10-2-1-3-11-26;/h1-23,41H,24H2;/q-1;. The molecule has 0 unspecified atom stereocenters. The Morgan fingerprint density at radius 2 is 1.31 bits per heavy atom. The van der Waals surface area contributed by atoms with E-state index in [-0.39, 0.29) is 26.8 Å². The number of aromatic nitrogens is 3. The number of hydrogen-bond donors (Lipinski definition) is 1. The second kappa shape index (κ2) is 12.0. The molecule has 0 spiro atoms. The van der Waals surface area contributed by atoms with Crippen LogP contribution in [0.3, 0.4) is 0 Å². The van der Waals surface area contributed by atoms with Crippen LogP contribution in [0.5, 0.6) is 5.75 Å². The Morgan fingerprint density at radius 1 is 0.619 bits per heavy atom. The second-order valence-electron chi connectivity index (χ2n) is 9.98. The largest absolute Gasteiger partial charge is 0.507 e. The summed E-state index contributed by atoms with van der Waals surface area (Å²) in [5, 5.41) is 10.9. The molecule has 0 amide bonds. The minimum atomic E-state index is 0. The van der Waals surface area contributed by atoms with Crippen molar-refractivity contribution in [2.75, 3.05) is 0 Å². The average molecular weight is 724 g/mol. The maximum absolute atomic E-state index is 10.9. The van der Waals surface area contributed by atoms with Crippen LogP contribution in [-0.2, 0) is 27.5 Å². The van der Waals surface area contributed by atoms with Crippen LogP contribution in [0.1, 0.15) is 11.1 Å². The summed E-state index contributed by atoms with van der Waals surface area (Å²) in [5.74, 6) is 0.872. The van der Waals surface area contributed by atoms with E-state index in [9.17, 15) is 5.11 Å². The molecular formula is C37H26N3OPt-. The second-order valence-corrected chi connectivity index (χ2v) is 9.98. The Bertz CT molecular complexity index is 1970. The molecule has 0 aliphatic rings. The van der Waals surface area contributed by atoms with Gasteiger partial charge in [0, 0.05) is 38.6 Å². The van der Waals surface area contributed by atoms with Gasteiger partial charge in [0.25, 0.3) is 0 Å². The van der Waals surface area contributed by atoms with Gasteiger partial charge in [-0.2, -0.15) is 0 Å². The Kier molecular flexibility index (Phi) is 7.81. The quantitative estimate of drug-likeness (QED) is 0.175. The molecule has 42 heavy (non-hydrogen) atoms. The van der Waals surface area contributed by atoms with E-state index in [2.05, 4.69) is 88.4 Å². The third-order valence-corrected chi connectivity index (χ3v) is 7.30. The van der Waals surface area contributed by atoms with Crippen molar-refractivity contribution in [2.45, 2.75) is 6.42 Å². The number of imidazole rings is 1. The smallest absolute Gasteiger partial charge is 0.148 e. The molecule has 0 saturated carbocycles. The van der Waals surface area contributed by atoms with Crippen LogP contribution in [0.2, 0.25) is 0 Å². The zero-order valence-electron chi connectivity index (χ0n) is 22.6. The summed E-state index contributed by atoms with van der Waals surface area (Å²) in [5.41, 5.74) is 9.66. The van der Waals surface area contributed by atoms with E-state index in [4.69, 9.17) is 4.98 Å². The van der Waals surface area contributed by atoms with Gasteiger partial charge in [-0.3, -0.25) is 9.55 Å². The van der Waals surface area contributed by atoms with Crippen molar-refractivity contribution in [1.29, 1.82) is 0 Å². The van der Waals surface area contributed by atoms with Gasteiger partial charge >= 0.3 is 0 Å². The van der Waals surface area contributed by atoms with Gasteiger partial charge in [-0.05, 0) is 53.9 Å². The van der Waals surface area contributed by atoms with Gasteiger partial charge in [0.1, 0.15) is 11.6 Å². The van der Waals surface area contributed by atoms with E-state index in [0.717, 1.165) is 45.5 Å². The monoisotopic (exact) mass is 723 g/mol. The first kappa shape index (κ1) is 27.4. The van der Waals surface area contributed by atoms with Crippen molar-refractivity contribution < 1.29 is 26.2 Å². The van der Waals surface area contributed by atoms with Crippen molar-refractivity contribution >= 4 is 11.0 Å². The molecule has 2 aromatic heterocycles. The van der Waals surface area contributed by atoms with Crippen molar-refractivity contribution in [3.05, 3.63) is 157 Å². The number of phenols is 1. The number of aromatic hydroxyl groups is 1. The van der Waals surface area contributed by atoms with E-state index in [1.165, 1.54) is 11.1 Å². The summed E-state index contributed by atoms with van der Waals surface area (Å²) in [4.78, 5) is 9.66. The predicted octanol–water partition coefficient (Wildman–Crippen LogP) is 8.52. The van der Waals surface area contributed by atoms with E-state index >= 15 is 0 Å². The number of hydrogen-bond acceptors (Lipinski definition) is 3. The molecule has 0 aliphatic heterocycles. The van der Waals surface area contributed by atoms with Gasteiger partial charge in [0.15, 0.2) is 0 Å². The minimum Gasteiger partial charge on any atom is -0.507 e. The van der Waals surface area contributed by atoms with Crippen molar-refractivity contribution in [1.82, 2.24) is 14.5 Å². The fourth-order valence-electron chi connectivity index (χ4n) is 5.31. The third kappa shape index (κ3) is 5.30. The van der Waals surface area contributed by atoms with Crippen molar-refractivity contribution in [2.24, 2.45) is 0 Å². The maximum atomic E-state index is 10.9. The minimum absolute atomic E-state index is 0. The molecule has 0 atom stereocenters. The zero-order valence-corrected chi connectivity index (χ0v) is 24.9. The van der Waals surface area contributed by atoms with Gasteiger partial charge < -0.3 is 5.11 Å². The maximum Gasteiger partial charge on any atom is 0.148 e. The molecule has 1 N–H and O–H groups in total. The normalized spacial score (nSPS) is 10.9. The number of pyridine rings is 1. The summed E-state index contributed by atoms with van der Waals surface area (Å²) in [7, 11) is 0. The number of nitrogens with zero attached hydrogens (tertiary/aromatic N) is 3. The van der Waals surface area contributed by atoms with Crippen LogP contribution in [0.25, 0.3) is 50.5 Å². The van der Waals surface area contributed by atoms with Gasteiger partial charge in [-0.15, -0.1) is 29.8 Å². The number of rotatable bonds is 6. The summed E-state index contributed by atoms with van der Waals surface area (Å²) in [6.45, 7) is 0. The Labute approximate surface area is 259 Å². The SMILES string of the molecule is Oc1ccccc1-c1nc2c(-c3[c-]c(-c4ccccn4)ccc3)cccc2n1-c1ccc(Cc2ccccc2)cc1.[Pt]. The first-order chi connectivity index (χ1) is 20.2. The molecule has 0 radical (unpaired) electrons. The van der Waals surface area contributed by atoms with Crippen molar-refractivity contribution in [3.8, 4) is 45.2 Å². The molecular weight excluding hydrogens is 698 g/mol. The first-order valence-electron chi connectivity index (χ1n) is 13.6. The van der Waals surface area contributed by atoms with E-state index in [1.807, 2.05) is 54.6 Å². The predicted molar refractivity (Wildman–Crippen MR) is 165 cm³/mol. The van der Waals surface area contributed by atoms with E-state index < -0.39 is 0 Å². The fourth-order valence-corrected chi connectivity index (χ4v) is 5.31. The number of phenolic OH excluding ortho intramolecular Hbond substituents is 1. The fraction of sp³-hybridized carbons (Fsp3) is 0.0270. The Morgan fingerprint density at radius 3 is 2.10 bits per heavy atom. The van der Waals surface area contributed by atoms with Crippen LogP contribution in [-0.4, -0.2) is 19.6 Å². The van der Waals surface area contributed by atoms with Gasteiger partial charge in [0.05, 0.1) is 16.6 Å². The summed E-state index contributed by atoms with van der Waals surface area (Å²) in [6, 6.07) is 48.2. The van der Waals surface area contributed by atoms with Crippen molar-refractivity contribution in [3.63, 3.8) is 0 Å². The Balaban J connectivity index is 0.00000316. The average Bonchev–Trinajstić information content (AvgIpc) is 3.42. The zero-order chi connectivity index (χ0) is 27.6. The molecule has 5 heteroatoms. The molecule has 7 rings (SSSR count). The van der Waals surface area contributed by atoms with Gasteiger partial charge in [-0.25, -0.2) is 4.98 Å². The molecule has 4 nitrogen and oxygen atoms in total. The van der Waals surface area contributed by atoms with Gasteiger partial charge in [-0.1, -0.05) is 90.0 Å². The number of para-hydroxylation sites is 2. The summed E-state index contributed by atoms with van der Waals surface area (Å²) < 4.78 is 2.13. The summed E-state index contributed by atoms with van der Waals surface area (Å²) >= 11 is 0. The molecule has 206 valence electrons. The van der Waals surface area contributed by atoms with Crippen LogP contribution >= 0.6 is 0 Å². The summed E-state index contributed by atoms with van der Waals surface area (Å²) in [6.07, 6.45) is 2.66. The molecule has 0 bridgehead atoms. The molecule has 0 aliphatic carbocycles. The molecule has 2 heterocycles. The van der Waals surface area contributed by atoms with E-state index in [1.54, 1.807) is 12.3 Å². The van der Waals surface area contributed by atoms with Crippen LogP contribution in [0.15, 0.2) is 140 Å². The van der Waals surface area contributed by atoms with E-state index in [0.29, 0.717) is 11.4 Å². The van der Waals surface area contributed by atoms with Gasteiger partial charge in [0.2, 0.25) is 0 Å². The number of fused-ring (bicyclic) bond motifs is 1. The Hall–Kier alpha value is -4.79. The topological polar surface area (TPSA) is 50.9 Å². The number of benzene rings is 5.